The average Bonchev–Trinajstić information content (AvgIpc) is 3.57. The first-order valence-corrected chi connectivity index (χ1v) is 15.0. The van der Waals surface area contributed by atoms with Crippen LogP contribution in [0.2, 0.25) is 0 Å². The summed E-state index contributed by atoms with van der Waals surface area (Å²) < 4.78 is 32.4. The number of fused-ring (bicyclic) bond motifs is 3. The van der Waals surface area contributed by atoms with E-state index in [0.717, 1.165) is 25.7 Å². The molecule has 0 aromatic heterocycles. The molecule has 3 aliphatic heterocycles. The molecule has 230 valence electrons. The predicted molar refractivity (Wildman–Crippen MR) is 149 cm³/mol. The molecule has 0 spiro atoms. The summed E-state index contributed by atoms with van der Waals surface area (Å²) in [7, 11) is 0. The molecule has 6 aliphatic rings. The van der Waals surface area contributed by atoms with Crippen LogP contribution in [0.4, 0.5) is 0 Å². The minimum Gasteiger partial charge on any atom is -0.459 e. The number of aliphatic hydroxyl groups is 3. The Bertz CT molecular complexity index is 1290. The molecule has 0 aromatic rings. The van der Waals surface area contributed by atoms with E-state index in [-0.39, 0.29) is 5.57 Å². The predicted octanol–water partition coefficient (Wildman–Crippen LogP) is 2.41. The van der Waals surface area contributed by atoms with E-state index in [4.69, 9.17) is 23.7 Å². The minimum atomic E-state index is -2.38. The first kappa shape index (κ1) is 29.9. The third kappa shape index (κ3) is 3.51. The molecule has 6 rings (SSSR count). The van der Waals surface area contributed by atoms with Crippen LogP contribution in [0.5, 0.6) is 0 Å². The topological polar surface area (TPSA) is 144 Å². The molecular formula is C32H42O10. The molecule has 3 aliphatic carbocycles. The molecule has 3 N–H and O–H groups in total. The molecule has 0 radical (unpaired) electrons. The Morgan fingerprint density at radius 2 is 1.90 bits per heavy atom. The van der Waals surface area contributed by atoms with Crippen molar-refractivity contribution in [3.63, 3.8) is 0 Å². The van der Waals surface area contributed by atoms with Crippen molar-refractivity contribution in [2.24, 2.45) is 17.8 Å². The number of ether oxygens (including phenoxy) is 5. The molecule has 3 bridgehead atoms. The Labute approximate surface area is 246 Å². The van der Waals surface area contributed by atoms with Crippen LogP contribution in [0.3, 0.4) is 0 Å². The number of esters is 1. The minimum absolute atomic E-state index is 0.248. The van der Waals surface area contributed by atoms with Crippen LogP contribution in [0.15, 0.2) is 48.1 Å². The van der Waals surface area contributed by atoms with Crippen molar-refractivity contribution in [3.05, 3.63) is 48.1 Å². The Kier molecular flexibility index (Phi) is 6.87. The van der Waals surface area contributed by atoms with Gasteiger partial charge in [0.2, 0.25) is 0 Å². The van der Waals surface area contributed by atoms with Crippen LogP contribution in [-0.4, -0.2) is 86.5 Å². The van der Waals surface area contributed by atoms with Gasteiger partial charge in [0.1, 0.15) is 30.0 Å². The molecular weight excluding hydrogens is 544 g/mol. The molecule has 3 saturated heterocycles. The lowest BCUT2D eigenvalue weighted by molar-refractivity contribution is -0.407. The Balaban J connectivity index is 1.55. The zero-order chi connectivity index (χ0) is 30.5. The smallest absolute Gasteiger partial charge is 0.307 e. The van der Waals surface area contributed by atoms with Crippen LogP contribution in [0.1, 0.15) is 60.3 Å². The molecule has 0 aromatic carbocycles. The lowest BCUT2D eigenvalue weighted by atomic mass is 9.53. The van der Waals surface area contributed by atoms with Crippen molar-refractivity contribution in [2.75, 3.05) is 6.61 Å². The van der Waals surface area contributed by atoms with Gasteiger partial charge in [-0.1, -0.05) is 57.6 Å². The molecule has 10 nitrogen and oxygen atoms in total. The summed E-state index contributed by atoms with van der Waals surface area (Å²) in [5.74, 6) is -5.58. The summed E-state index contributed by atoms with van der Waals surface area (Å²) in [6.07, 6.45) is 8.71. The number of hydrogen-bond acceptors (Lipinski definition) is 10. The highest BCUT2D eigenvalue weighted by Crippen LogP contribution is 2.73. The molecule has 10 heteroatoms. The zero-order valence-electron chi connectivity index (χ0n) is 24.9. The van der Waals surface area contributed by atoms with Gasteiger partial charge in [0, 0.05) is 30.8 Å². The van der Waals surface area contributed by atoms with Gasteiger partial charge in [0.25, 0.3) is 0 Å². The summed E-state index contributed by atoms with van der Waals surface area (Å²) >= 11 is 0. The fourth-order valence-electron chi connectivity index (χ4n) is 8.66. The molecule has 2 saturated carbocycles. The number of unbranched alkanes of at least 4 members (excludes halogenated alkanes) is 3. The van der Waals surface area contributed by atoms with Gasteiger partial charge in [-0.25, -0.2) is 0 Å². The summed E-state index contributed by atoms with van der Waals surface area (Å²) in [5, 5.41) is 34.4. The maximum absolute atomic E-state index is 13.7. The van der Waals surface area contributed by atoms with E-state index >= 15 is 0 Å². The Hall–Kier alpha value is -2.18. The fourth-order valence-corrected chi connectivity index (χ4v) is 8.66. The van der Waals surface area contributed by atoms with Gasteiger partial charge in [-0.05, 0) is 37.8 Å². The van der Waals surface area contributed by atoms with E-state index < -0.39 is 88.9 Å². The number of hydrogen-bond donors (Lipinski definition) is 3. The largest absolute Gasteiger partial charge is 0.459 e. The fraction of sp³-hybridized carbons (Fsp3) is 0.688. The summed E-state index contributed by atoms with van der Waals surface area (Å²) in [4.78, 5) is 26.2. The standard InChI is InChI=1S/C32H42O10/c1-7-8-9-10-11-12-13-14-29-40-26-22-25-28(16-33,39-25)27(36)30(37)21(15-18(4)23(30)35)32(22,42-29)19(5)24(38-20(6)34)31(26,41-29)17(2)3/h11-15,19,21-22,24-27,33,36-37H,2,7-10,16H2,1,3-6H3/b12-11+,14-13+/t19-,21-,22+,24-,25+,26-,27-,28+,29-,30-,31-,32+/m1/s1. The Morgan fingerprint density at radius 1 is 1.17 bits per heavy atom. The van der Waals surface area contributed by atoms with E-state index in [9.17, 15) is 24.9 Å². The summed E-state index contributed by atoms with van der Waals surface area (Å²) in [6, 6.07) is 0. The summed E-state index contributed by atoms with van der Waals surface area (Å²) in [5.41, 5.74) is -6.12. The highest BCUT2D eigenvalue weighted by Gasteiger charge is 2.90. The zero-order valence-corrected chi connectivity index (χ0v) is 24.9. The third-order valence-corrected chi connectivity index (χ3v) is 10.6. The van der Waals surface area contributed by atoms with Crippen molar-refractivity contribution in [3.8, 4) is 0 Å². The normalized spacial score (nSPS) is 50.0. The van der Waals surface area contributed by atoms with Crippen LogP contribution < -0.4 is 0 Å². The number of Topliss-reactive ketones (excluding diaryl/α,β-unsaturated/α-hetero) is 1. The maximum Gasteiger partial charge on any atom is 0.307 e. The second-order valence-electron chi connectivity index (χ2n) is 12.9. The van der Waals surface area contributed by atoms with E-state index in [2.05, 4.69) is 13.5 Å². The first-order valence-electron chi connectivity index (χ1n) is 15.0. The molecule has 42 heavy (non-hydrogen) atoms. The van der Waals surface area contributed by atoms with Crippen LogP contribution in [0.25, 0.3) is 0 Å². The van der Waals surface area contributed by atoms with E-state index in [1.165, 1.54) is 6.92 Å². The molecule has 3 heterocycles. The van der Waals surface area contributed by atoms with E-state index in [1.807, 2.05) is 19.1 Å². The first-order chi connectivity index (χ1) is 19.8. The molecule has 0 unspecified atom stereocenters. The van der Waals surface area contributed by atoms with Crippen molar-refractivity contribution in [2.45, 2.75) is 113 Å². The highest BCUT2D eigenvalue weighted by atomic mass is 16.9. The van der Waals surface area contributed by atoms with Gasteiger partial charge in [-0.3, -0.25) is 9.59 Å². The lowest BCUT2D eigenvalue weighted by Gasteiger charge is -2.61. The SMILES string of the molecule is C=C(C)[C@]12O[C@@]3(/C=C/C=C/CCCCC)O[C@@H]1[C@@H]1[C@@H]4O[C@]4(CO)[C@@H](O)[C@]4(O)C(=O)C(C)=C[C@H]4[C@@]1(O3)[C@H](C)[C@H]2OC(C)=O. The van der Waals surface area contributed by atoms with Crippen molar-refractivity contribution in [1.29, 1.82) is 0 Å². The van der Waals surface area contributed by atoms with Gasteiger partial charge in [0.05, 0.1) is 12.2 Å². The van der Waals surface area contributed by atoms with Gasteiger partial charge >= 0.3 is 11.9 Å². The quantitative estimate of drug-likeness (QED) is 0.121. The summed E-state index contributed by atoms with van der Waals surface area (Å²) in [6.45, 7) is 12.2. The van der Waals surface area contributed by atoms with E-state index in [1.54, 1.807) is 32.1 Å². The average molecular weight is 587 g/mol. The van der Waals surface area contributed by atoms with Gasteiger partial charge < -0.3 is 39.0 Å². The van der Waals surface area contributed by atoms with Gasteiger partial charge in [-0.15, -0.1) is 0 Å². The van der Waals surface area contributed by atoms with Crippen molar-refractivity contribution in [1.82, 2.24) is 0 Å². The van der Waals surface area contributed by atoms with Crippen molar-refractivity contribution >= 4 is 11.8 Å². The monoisotopic (exact) mass is 586 g/mol. The second-order valence-corrected chi connectivity index (χ2v) is 12.9. The number of carbonyl (C=O) groups excluding carboxylic acids is 2. The Morgan fingerprint density at radius 3 is 2.55 bits per heavy atom. The lowest BCUT2D eigenvalue weighted by Crippen LogP contribution is -2.76. The maximum atomic E-state index is 13.7. The molecule has 0 amide bonds. The van der Waals surface area contributed by atoms with E-state index in [0.29, 0.717) is 5.57 Å². The highest BCUT2D eigenvalue weighted by molar-refractivity contribution is 6.05. The van der Waals surface area contributed by atoms with Crippen LogP contribution in [-0.2, 0) is 33.3 Å². The van der Waals surface area contributed by atoms with Gasteiger partial charge in [0.15, 0.2) is 17.0 Å². The molecule has 12 atom stereocenters. The van der Waals surface area contributed by atoms with Crippen LogP contribution in [0, 0.1) is 17.8 Å². The number of allylic oxidation sites excluding steroid dienone is 3. The van der Waals surface area contributed by atoms with Crippen LogP contribution >= 0.6 is 0 Å². The van der Waals surface area contributed by atoms with Gasteiger partial charge in [-0.2, -0.15) is 0 Å². The number of epoxide rings is 1. The second kappa shape index (κ2) is 9.66. The number of ketones is 1. The molecule has 5 fully saturated rings. The number of rotatable bonds is 9. The third-order valence-electron chi connectivity index (χ3n) is 10.6. The number of aliphatic hydroxyl groups excluding tert-OH is 2. The number of carbonyl (C=O) groups is 2. The van der Waals surface area contributed by atoms with Crippen molar-refractivity contribution < 1.29 is 48.6 Å².